The van der Waals surface area contributed by atoms with E-state index in [0.717, 1.165) is 23.1 Å². The van der Waals surface area contributed by atoms with Crippen LogP contribution in [-0.4, -0.2) is 68.5 Å². The van der Waals surface area contributed by atoms with Crippen molar-refractivity contribution in [3.05, 3.63) is 71.9 Å². The zero-order valence-corrected chi connectivity index (χ0v) is 20.9. The summed E-state index contributed by atoms with van der Waals surface area (Å²) in [6.07, 6.45) is 6.35. The second-order valence-electron chi connectivity index (χ2n) is 9.74. The zero-order valence-electron chi connectivity index (χ0n) is 20.9. The van der Waals surface area contributed by atoms with Crippen LogP contribution in [0.5, 0.6) is 0 Å². The second-order valence-corrected chi connectivity index (χ2v) is 9.74. The van der Waals surface area contributed by atoms with Crippen LogP contribution in [-0.2, 0) is 0 Å². The number of nitrogens with zero attached hydrogens (tertiary/aromatic N) is 6. The van der Waals surface area contributed by atoms with E-state index < -0.39 is 5.82 Å². The molecule has 1 saturated heterocycles. The lowest BCUT2D eigenvalue weighted by atomic mass is 10.0. The van der Waals surface area contributed by atoms with E-state index >= 15 is 0 Å². The average molecular weight is 488 g/mol. The van der Waals surface area contributed by atoms with Crippen LogP contribution in [0.25, 0.3) is 16.8 Å². The van der Waals surface area contributed by atoms with Crippen molar-refractivity contribution < 1.29 is 9.18 Å². The molecule has 1 aromatic carbocycles. The molecule has 1 unspecified atom stereocenters. The predicted octanol–water partition coefficient (Wildman–Crippen LogP) is 4.57. The normalized spacial score (nSPS) is 15.9. The Hall–Kier alpha value is -3.85. The highest BCUT2D eigenvalue weighted by atomic mass is 19.1. The number of carbonyl (C=O) groups excluding carboxylic acids is 1. The number of nitrogens with one attached hydrogen (secondary N) is 1. The lowest BCUT2D eigenvalue weighted by Crippen LogP contribution is -2.34. The van der Waals surface area contributed by atoms with Gasteiger partial charge in [-0.25, -0.2) is 18.9 Å². The highest BCUT2D eigenvalue weighted by molar-refractivity contribution is 5.95. The van der Waals surface area contributed by atoms with Crippen molar-refractivity contribution in [3.8, 4) is 11.3 Å². The molecule has 186 valence electrons. The zero-order chi connectivity index (χ0) is 25.4. The van der Waals surface area contributed by atoms with Crippen molar-refractivity contribution in [2.45, 2.75) is 32.2 Å². The van der Waals surface area contributed by atoms with Gasteiger partial charge in [0.25, 0.3) is 5.91 Å². The van der Waals surface area contributed by atoms with Crippen molar-refractivity contribution in [1.29, 1.82) is 0 Å². The van der Waals surface area contributed by atoms with Crippen LogP contribution >= 0.6 is 0 Å². The van der Waals surface area contributed by atoms with E-state index in [0.29, 0.717) is 36.3 Å². The summed E-state index contributed by atoms with van der Waals surface area (Å²) in [4.78, 5) is 25.6. The first-order valence-electron chi connectivity index (χ1n) is 12.1. The van der Waals surface area contributed by atoms with Gasteiger partial charge in [-0.15, -0.1) is 0 Å². The number of aromatic nitrogens is 4. The van der Waals surface area contributed by atoms with Crippen molar-refractivity contribution in [2.24, 2.45) is 0 Å². The smallest absolute Gasteiger partial charge is 0.254 e. The van der Waals surface area contributed by atoms with Gasteiger partial charge in [0.2, 0.25) is 5.95 Å². The predicted molar refractivity (Wildman–Crippen MR) is 138 cm³/mol. The Kier molecular flexibility index (Phi) is 6.40. The summed E-state index contributed by atoms with van der Waals surface area (Å²) in [6.45, 7) is 5.59. The number of hydrogen-bond donors (Lipinski definition) is 1. The van der Waals surface area contributed by atoms with Gasteiger partial charge in [0.05, 0.1) is 23.1 Å². The van der Waals surface area contributed by atoms with Crippen LogP contribution in [0.15, 0.2) is 55.0 Å². The molecule has 1 aliphatic rings. The maximum atomic E-state index is 15.0. The molecule has 3 aromatic heterocycles. The minimum absolute atomic E-state index is 0.154. The molecule has 0 radical (unpaired) electrons. The Labute approximate surface area is 209 Å². The molecule has 0 bridgehead atoms. The third kappa shape index (κ3) is 4.66. The summed E-state index contributed by atoms with van der Waals surface area (Å²) in [5.41, 5.74) is 4.36. The molecule has 4 aromatic rings. The van der Waals surface area contributed by atoms with Gasteiger partial charge in [-0.05, 0) is 62.8 Å². The minimum atomic E-state index is -0.527. The van der Waals surface area contributed by atoms with Crippen molar-refractivity contribution in [3.63, 3.8) is 0 Å². The second kappa shape index (κ2) is 9.66. The number of hydrogen-bond acceptors (Lipinski definition) is 6. The highest BCUT2D eigenvalue weighted by Gasteiger charge is 2.28. The SMILES string of the molecule is CC(C)c1cnn2ccc(-c3ccnc(Nc4ccc(C(=O)N5CCC(N(C)C)C5)cc4F)n3)cc12. The fraction of sp³-hybridized carbons (Fsp3) is 0.333. The number of benzene rings is 1. The first-order valence-corrected chi connectivity index (χ1v) is 12.1. The van der Waals surface area contributed by atoms with Gasteiger partial charge in [0.1, 0.15) is 5.82 Å². The largest absolute Gasteiger partial charge is 0.337 e. The summed E-state index contributed by atoms with van der Waals surface area (Å²) >= 11 is 0. The van der Waals surface area contributed by atoms with Gasteiger partial charge in [0.15, 0.2) is 0 Å². The quantitative estimate of drug-likeness (QED) is 0.429. The molecule has 0 aliphatic carbocycles. The van der Waals surface area contributed by atoms with E-state index in [-0.39, 0.29) is 17.5 Å². The number of amides is 1. The molecule has 0 spiro atoms. The number of rotatable bonds is 6. The maximum absolute atomic E-state index is 15.0. The first kappa shape index (κ1) is 23.9. The maximum Gasteiger partial charge on any atom is 0.254 e. The lowest BCUT2D eigenvalue weighted by Gasteiger charge is -2.20. The Bertz CT molecular complexity index is 1410. The molecule has 5 rings (SSSR count). The number of pyridine rings is 1. The van der Waals surface area contributed by atoms with Crippen molar-refractivity contribution >= 4 is 23.1 Å². The summed E-state index contributed by atoms with van der Waals surface area (Å²) in [7, 11) is 4.02. The monoisotopic (exact) mass is 487 g/mol. The highest BCUT2D eigenvalue weighted by Crippen LogP contribution is 2.27. The first-order chi connectivity index (χ1) is 17.3. The lowest BCUT2D eigenvalue weighted by molar-refractivity contribution is 0.0782. The number of likely N-dealkylation sites (tertiary alicyclic amines) is 1. The number of fused-ring (bicyclic) bond motifs is 1. The van der Waals surface area contributed by atoms with E-state index in [1.54, 1.807) is 23.2 Å². The van der Waals surface area contributed by atoms with Crippen LogP contribution in [0.4, 0.5) is 16.0 Å². The van der Waals surface area contributed by atoms with Crippen LogP contribution in [0.2, 0.25) is 0 Å². The van der Waals surface area contributed by atoms with Gasteiger partial charge < -0.3 is 15.1 Å². The van der Waals surface area contributed by atoms with Crippen molar-refractivity contribution in [2.75, 3.05) is 32.5 Å². The van der Waals surface area contributed by atoms with E-state index in [2.05, 4.69) is 45.2 Å². The van der Waals surface area contributed by atoms with Crippen molar-refractivity contribution in [1.82, 2.24) is 29.4 Å². The van der Waals surface area contributed by atoms with Gasteiger partial charge in [-0.3, -0.25) is 4.79 Å². The molecule has 0 saturated carbocycles. The van der Waals surface area contributed by atoms with Crippen LogP contribution in [0.3, 0.4) is 0 Å². The summed E-state index contributed by atoms with van der Waals surface area (Å²) in [5.74, 6) is -0.0612. The Morgan fingerprint density at radius 2 is 2.03 bits per heavy atom. The molecule has 1 amide bonds. The van der Waals surface area contributed by atoms with Crippen LogP contribution in [0, 0.1) is 5.82 Å². The number of likely N-dealkylation sites (N-methyl/N-ethyl adjacent to an activating group) is 1. The average Bonchev–Trinajstić information content (AvgIpc) is 3.52. The molecule has 1 fully saturated rings. The van der Waals surface area contributed by atoms with E-state index in [1.807, 2.05) is 43.1 Å². The minimum Gasteiger partial charge on any atom is -0.337 e. The molecular formula is C27H30FN7O. The van der Waals surface area contributed by atoms with E-state index in [1.165, 1.54) is 6.07 Å². The van der Waals surface area contributed by atoms with Crippen LogP contribution < -0.4 is 5.32 Å². The third-order valence-corrected chi connectivity index (χ3v) is 6.77. The summed E-state index contributed by atoms with van der Waals surface area (Å²) < 4.78 is 16.8. The number of anilines is 2. The summed E-state index contributed by atoms with van der Waals surface area (Å²) in [6, 6.07) is 10.6. The Morgan fingerprint density at radius 3 is 2.75 bits per heavy atom. The molecule has 1 aliphatic heterocycles. The molecule has 1 atom stereocenters. The molecule has 9 heteroatoms. The van der Waals surface area contributed by atoms with Gasteiger partial charge in [0, 0.05) is 48.2 Å². The van der Waals surface area contributed by atoms with Gasteiger partial charge in [-0.2, -0.15) is 5.10 Å². The third-order valence-electron chi connectivity index (χ3n) is 6.77. The fourth-order valence-electron chi connectivity index (χ4n) is 4.58. The molecule has 8 nitrogen and oxygen atoms in total. The van der Waals surface area contributed by atoms with Gasteiger partial charge in [-0.1, -0.05) is 13.8 Å². The summed E-state index contributed by atoms with van der Waals surface area (Å²) in [5, 5.41) is 7.37. The standard InChI is InChI=1S/C27H30FN7O/c1-17(2)21-15-30-35-12-8-18(14-25(21)35)23-7-10-29-27(31-23)32-24-6-5-19(13-22(24)28)26(36)34-11-9-20(16-34)33(3)4/h5-8,10,12-15,17,20H,9,11,16H2,1-4H3,(H,29,31,32). The molecule has 1 N–H and O–H groups in total. The molecule has 4 heterocycles. The van der Waals surface area contributed by atoms with Crippen LogP contribution in [0.1, 0.15) is 42.1 Å². The number of carbonyl (C=O) groups is 1. The Morgan fingerprint density at radius 1 is 1.19 bits per heavy atom. The van der Waals surface area contributed by atoms with Gasteiger partial charge >= 0.3 is 0 Å². The molecular weight excluding hydrogens is 457 g/mol. The Balaban J connectivity index is 1.34. The van der Waals surface area contributed by atoms with E-state index in [9.17, 15) is 9.18 Å². The fourth-order valence-corrected chi connectivity index (χ4v) is 4.58. The van der Waals surface area contributed by atoms with E-state index in [4.69, 9.17) is 0 Å². The molecule has 36 heavy (non-hydrogen) atoms. The topological polar surface area (TPSA) is 78.7 Å². The number of halogens is 1.